The molecule has 0 atom stereocenters. The number of benzene rings is 2. The highest BCUT2D eigenvalue weighted by Crippen LogP contribution is 2.24. The summed E-state index contributed by atoms with van der Waals surface area (Å²) in [6.07, 6.45) is 0.601. The Hall–Kier alpha value is -1.87. The molecule has 0 aliphatic carbocycles. The summed E-state index contributed by atoms with van der Waals surface area (Å²) in [7, 11) is 0. The number of alkyl halides is 1. The molecular formula is C16H14ClFN2. The van der Waals surface area contributed by atoms with E-state index in [4.69, 9.17) is 11.6 Å². The quantitative estimate of drug-likeness (QED) is 0.659. The molecule has 0 aliphatic rings. The van der Waals surface area contributed by atoms with Gasteiger partial charge in [-0.25, -0.2) is 9.37 Å². The van der Waals surface area contributed by atoms with E-state index in [1.165, 1.54) is 6.07 Å². The number of nitrogens with zero attached hydrogens (tertiary/aromatic N) is 2. The third-order valence-corrected chi connectivity index (χ3v) is 3.48. The molecule has 0 unspecified atom stereocenters. The average molecular weight is 289 g/mol. The van der Waals surface area contributed by atoms with Crippen molar-refractivity contribution in [3.63, 3.8) is 0 Å². The topological polar surface area (TPSA) is 17.8 Å². The van der Waals surface area contributed by atoms with E-state index in [1.807, 2.05) is 35.8 Å². The molecule has 0 saturated heterocycles. The Labute approximate surface area is 121 Å². The molecule has 2 aromatic carbocycles. The van der Waals surface area contributed by atoms with Crippen molar-refractivity contribution in [2.75, 3.05) is 5.88 Å². The van der Waals surface area contributed by atoms with Crippen molar-refractivity contribution >= 4 is 22.6 Å². The van der Waals surface area contributed by atoms with Crippen molar-refractivity contribution < 1.29 is 4.39 Å². The molecule has 0 N–H and O–H groups in total. The number of fused-ring (bicyclic) bond motifs is 1. The van der Waals surface area contributed by atoms with Crippen LogP contribution in [0.3, 0.4) is 0 Å². The van der Waals surface area contributed by atoms with Crippen molar-refractivity contribution in [1.82, 2.24) is 9.55 Å². The van der Waals surface area contributed by atoms with Crippen LogP contribution < -0.4 is 0 Å². The van der Waals surface area contributed by atoms with Gasteiger partial charge in [0.05, 0.1) is 16.7 Å². The van der Waals surface area contributed by atoms with Crippen LogP contribution in [-0.2, 0) is 6.42 Å². The van der Waals surface area contributed by atoms with Crippen LogP contribution in [0.4, 0.5) is 4.39 Å². The van der Waals surface area contributed by atoms with E-state index in [2.05, 4.69) is 4.98 Å². The Morgan fingerprint density at radius 3 is 2.75 bits per heavy atom. The van der Waals surface area contributed by atoms with Crippen LogP contribution in [-0.4, -0.2) is 15.4 Å². The van der Waals surface area contributed by atoms with Crippen molar-refractivity contribution in [3.8, 4) is 5.69 Å². The Morgan fingerprint density at radius 2 is 2.00 bits per heavy atom. The van der Waals surface area contributed by atoms with Gasteiger partial charge in [-0.1, -0.05) is 18.2 Å². The Morgan fingerprint density at radius 1 is 1.20 bits per heavy atom. The van der Waals surface area contributed by atoms with Crippen molar-refractivity contribution in [3.05, 3.63) is 59.7 Å². The van der Waals surface area contributed by atoms with E-state index in [0.29, 0.717) is 18.0 Å². The van der Waals surface area contributed by atoms with Gasteiger partial charge in [0.25, 0.3) is 0 Å². The Kier molecular flexibility index (Phi) is 3.45. The molecule has 3 rings (SSSR count). The summed E-state index contributed by atoms with van der Waals surface area (Å²) < 4.78 is 16.0. The van der Waals surface area contributed by atoms with Gasteiger partial charge >= 0.3 is 0 Å². The number of imidazole rings is 1. The first-order valence-electron chi connectivity index (χ1n) is 6.49. The lowest BCUT2D eigenvalue weighted by atomic mass is 10.2. The van der Waals surface area contributed by atoms with Gasteiger partial charge < -0.3 is 0 Å². The molecule has 20 heavy (non-hydrogen) atoms. The minimum Gasteiger partial charge on any atom is -0.293 e. The van der Waals surface area contributed by atoms with E-state index >= 15 is 0 Å². The molecule has 102 valence electrons. The standard InChI is InChI=1S/C16H14ClFN2/c1-11-6-7-13-15(10-11)20(16(19-13)8-9-17)14-5-3-2-4-12(14)18/h2-7,10H,8-9H2,1H3. The second-order valence-corrected chi connectivity index (χ2v) is 5.12. The van der Waals surface area contributed by atoms with E-state index in [-0.39, 0.29) is 5.82 Å². The first kappa shape index (κ1) is 13.1. The van der Waals surface area contributed by atoms with Gasteiger partial charge in [0.1, 0.15) is 11.6 Å². The molecule has 0 fully saturated rings. The number of para-hydroxylation sites is 1. The van der Waals surface area contributed by atoms with Crippen LogP contribution >= 0.6 is 11.6 Å². The Balaban J connectivity index is 2.34. The highest BCUT2D eigenvalue weighted by atomic mass is 35.5. The van der Waals surface area contributed by atoms with E-state index in [0.717, 1.165) is 22.4 Å². The summed E-state index contributed by atoms with van der Waals surface area (Å²) in [6, 6.07) is 12.7. The molecule has 0 radical (unpaired) electrons. The van der Waals surface area contributed by atoms with Crippen LogP contribution in [0.2, 0.25) is 0 Å². The second-order valence-electron chi connectivity index (χ2n) is 4.75. The number of rotatable bonds is 3. The van der Waals surface area contributed by atoms with Gasteiger partial charge in [-0.15, -0.1) is 11.6 Å². The predicted octanol–water partition coefficient (Wildman–Crippen LogP) is 4.25. The van der Waals surface area contributed by atoms with Crippen molar-refractivity contribution in [1.29, 1.82) is 0 Å². The predicted molar refractivity (Wildman–Crippen MR) is 80.2 cm³/mol. The highest BCUT2D eigenvalue weighted by molar-refractivity contribution is 6.17. The zero-order valence-corrected chi connectivity index (χ0v) is 11.9. The van der Waals surface area contributed by atoms with Crippen LogP contribution in [0.15, 0.2) is 42.5 Å². The molecule has 1 heterocycles. The summed E-state index contributed by atoms with van der Waals surface area (Å²) in [5.41, 5.74) is 3.40. The molecule has 3 aromatic rings. The molecular weight excluding hydrogens is 275 g/mol. The fraction of sp³-hybridized carbons (Fsp3) is 0.188. The van der Waals surface area contributed by atoms with E-state index in [1.54, 1.807) is 12.1 Å². The number of halogens is 2. The maximum absolute atomic E-state index is 14.1. The first-order valence-corrected chi connectivity index (χ1v) is 7.03. The SMILES string of the molecule is Cc1ccc2nc(CCCl)n(-c3ccccc3F)c2c1. The maximum atomic E-state index is 14.1. The minimum absolute atomic E-state index is 0.260. The lowest BCUT2D eigenvalue weighted by Crippen LogP contribution is -2.04. The molecule has 4 heteroatoms. The smallest absolute Gasteiger partial charge is 0.147 e. The van der Waals surface area contributed by atoms with Gasteiger partial charge in [-0.2, -0.15) is 0 Å². The fourth-order valence-electron chi connectivity index (χ4n) is 2.39. The third kappa shape index (κ3) is 2.18. The summed E-state index contributed by atoms with van der Waals surface area (Å²) in [6.45, 7) is 2.01. The molecule has 0 saturated carbocycles. The van der Waals surface area contributed by atoms with E-state index in [9.17, 15) is 4.39 Å². The second kappa shape index (κ2) is 5.25. The molecule has 0 spiro atoms. The lowest BCUT2D eigenvalue weighted by Gasteiger charge is -2.09. The number of aryl methyl sites for hydroxylation is 2. The summed E-state index contributed by atoms with van der Waals surface area (Å²) in [5.74, 6) is 0.978. The van der Waals surface area contributed by atoms with Crippen LogP contribution in [0.5, 0.6) is 0 Å². The summed E-state index contributed by atoms with van der Waals surface area (Å²) in [5, 5.41) is 0. The maximum Gasteiger partial charge on any atom is 0.147 e. The molecule has 0 aliphatic heterocycles. The molecule has 0 amide bonds. The van der Waals surface area contributed by atoms with Crippen molar-refractivity contribution in [2.45, 2.75) is 13.3 Å². The van der Waals surface area contributed by atoms with Gasteiger partial charge in [0.2, 0.25) is 0 Å². The van der Waals surface area contributed by atoms with Gasteiger partial charge in [-0.05, 0) is 36.8 Å². The monoisotopic (exact) mass is 288 g/mol. The lowest BCUT2D eigenvalue weighted by molar-refractivity contribution is 0.617. The zero-order chi connectivity index (χ0) is 14.1. The van der Waals surface area contributed by atoms with Crippen molar-refractivity contribution in [2.24, 2.45) is 0 Å². The summed E-state index contributed by atoms with van der Waals surface area (Å²) in [4.78, 5) is 4.57. The van der Waals surface area contributed by atoms with E-state index < -0.39 is 0 Å². The van der Waals surface area contributed by atoms with Gasteiger partial charge in [0.15, 0.2) is 0 Å². The fourth-order valence-corrected chi connectivity index (χ4v) is 2.56. The first-order chi connectivity index (χ1) is 9.70. The number of aromatic nitrogens is 2. The molecule has 2 nitrogen and oxygen atoms in total. The zero-order valence-electron chi connectivity index (χ0n) is 11.1. The third-order valence-electron chi connectivity index (χ3n) is 3.29. The van der Waals surface area contributed by atoms with Crippen LogP contribution in [0.25, 0.3) is 16.7 Å². The minimum atomic E-state index is -0.260. The number of hydrogen-bond acceptors (Lipinski definition) is 1. The van der Waals surface area contributed by atoms with Crippen LogP contribution in [0, 0.1) is 12.7 Å². The normalized spacial score (nSPS) is 11.2. The highest BCUT2D eigenvalue weighted by Gasteiger charge is 2.14. The average Bonchev–Trinajstić information content (AvgIpc) is 2.77. The van der Waals surface area contributed by atoms with Crippen LogP contribution in [0.1, 0.15) is 11.4 Å². The molecule has 1 aromatic heterocycles. The molecule has 0 bridgehead atoms. The Bertz CT molecular complexity index is 764. The van der Waals surface area contributed by atoms with Gasteiger partial charge in [-0.3, -0.25) is 4.57 Å². The van der Waals surface area contributed by atoms with Gasteiger partial charge in [0, 0.05) is 12.3 Å². The number of hydrogen-bond donors (Lipinski definition) is 0. The summed E-state index contributed by atoms with van der Waals surface area (Å²) >= 11 is 5.85. The largest absolute Gasteiger partial charge is 0.293 e.